The summed E-state index contributed by atoms with van der Waals surface area (Å²) in [6.45, 7) is 0. The first-order valence-electron chi connectivity index (χ1n) is 5.84. The highest BCUT2D eigenvalue weighted by atomic mass is 79.9. The van der Waals surface area contributed by atoms with E-state index in [0.29, 0.717) is 21.5 Å². The van der Waals surface area contributed by atoms with Crippen molar-refractivity contribution in [1.29, 1.82) is 0 Å². The number of hydrogen-bond donors (Lipinski definition) is 1. The fourth-order valence-electron chi connectivity index (χ4n) is 2.11. The number of halogens is 3. The molecule has 0 atom stereocenters. The lowest BCUT2D eigenvalue weighted by Crippen LogP contribution is -2.00. The number of nitrogens with zero attached hydrogens (tertiary/aromatic N) is 2. The van der Waals surface area contributed by atoms with E-state index < -0.39 is 11.8 Å². The van der Waals surface area contributed by atoms with Gasteiger partial charge in [-0.05, 0) is 46.3 Å². The van der Waals surface area contributed by atoms with Crippen LogP contribution in [-0.4, -0.2) is 20.5 Å². The van der Waals surface area contributed by atoms with E-state index in [-0.39, 0.29) is 10.7 Å². The third-order valence-electron chi connectivity index (χ3n) is 2.99. The quantitative estimate of drug-likeness (QED) is 0.687. The average Bonchev–Trinajstić information content (AvgIpc) is 2.83. The monoisotopic (exact) mass is 368 g/mol. The van der Waals surface area contributed by atoms with Crippen LogP contribution in [0.15, 0.2) is 41.0 Å². The summed E-state index contributed by atoms with van der Waals surface area (Å²) < 4.78 is 15.6. The number of benzene rings is 1. The zero-order valence-corrected chi connectivity index (χ0v) is 12.7. The van der Waals surface area contributed by atoms with Gasteiger partial charge in [-0.3, -0.25) is 4.40 Å². The lowest BCUT2D eigenvalue weighted by molar-refractivity contribution is 0.0692. The van der Waals surface area contributed by atoms with Gasteiger partial charge in [-0.1, -0.05) is 17.7 Å². The zero-order chi connectivity index (χ0) is 15.1. The Morgan fingerprint density at radius 1 is 1.33 bits per heavy atom. The molecule has 7 heteroatoms. The van der Waals surface area contributed by atoms with Gasteiger partial charge < -0.3 is 5.11 Å². The molecule has 1 aromatic carbocycles. The van der Waals surface area contributed by atoms with Crippen LogP contribution < -0.4 is 0 Å². The number of pyridine rings is 1. The predicted octanol–water partition coefficient (Wildman–Crippen LogP) is 4.25. The normalized spacial score (nSPS) is 11.0. The molecule has 106 valence electrons. The second kappa shape index (κ2) is 5.13. The number of carboxylic acid groups (broad SMARTS) is 1. The van der Waals surface area contributed by atoms with E-state index in [2.05, 4.69) is 20.9 Å². The molecule has 3 aromatic rings. The first-order chi connectivity index (χ1) is 9.99. The molecule has 1 N–H and O–H groups in total. The van der Waals surface area contributed by atoms with Gasteiger partial charge in [0, 0.05) is 5.56 Å². The number of carboxylic acids is 1. The molecule has 0 aliphatic carbocycles. The average molecular weight is 370 g/mol. The van der Waals surface area contributed by atoms with Crippen molar-refractivity contribution in [1.82, 2.24) is 9.38 Å². The van der Waals surface area contributed by atoms with E-state index in [4.69, 9.17) is 11.6 Å². The van der Waals surface area contributed by atoms with Crippen molar-refractivity contribution in [3.8, 4) is 11.3 Å². The van der Waals surface area contributed by atoms with Crippen LogP contribution in [0.3, 0.4) is 0 Å². The molecule has 21 heavy (non-hydrogen) atoms. The molecule has 0 fully saturated rings. The van der Waals surface area contributed by atoms with Gasteiger partial charge in [0.05, 0.1) is 15.3 Å². The van der Waals surface area contributed by atoms with E-state index in [1.807, 2.05) is 0 Å². The van der Waals surface area contributed by atoms with Crippen molar-refractivity contribution >= 4 is 39.1 Å². The summed E-state index contributed by atoms with van der Waals surface area (Å²) in [4.78, 5) is 15.5. The van der Waals surface area contributed by atoms with E-state index in [1.54, 1.807) is 22.6 Å². The Kier molecular flexibility index (Phi) is 3.43. The third-order valence-corrected chi connectivity index (χ3v) is 3.90. The first-order valence-corrected chi connectivity index (χ1v) is 7.02. The van der Waals surface area contributed by atoms with Crippen molar-refractivity contribution in [3.05, 3.63) is 57.5 Å². The van der Waals surface area contributed by atoms with Gasteiger partial charge in [-0.25, -0.2) is 14.2 Å². The molecule has 0 unspecified atom stereocenters. The molecule has 0 saturated carbocycles. The molecule has 0 saturated heterocycles. The number of carbonyl (C=O) groups is 1. The molecule has 0 aliphatic heterocycles. The summed E-state index contributed by atoms with van der Waals surface area (Å²) in [7, 11) is 0. The molecule has 3 rings (SSSR count). The van der Waals surface area contributed by atoms with Crippen LogP contribution in [0.4, 0.5) is 4.39 Å². The number of aromatic carboxylic acids is 1. The van der Waals surface area contributed by atoms with Crippen LogP contribution in [0.5, 0.6) is 0 Å². The van der Waals surface area contributed by atoms with E-state index in [9.17, 15) is 14.3 Å². The smallest absolute Gasteiger partial charge is 0.356 e. The van der Waals surface area contributed by atoms with E-state index >= 15 is 0 Å². The number of hydrogen-bond acceptors (Lipinski definition) is 2. The maximum Gasteiger partial charge on any atom is 0.356 e. The van der Waals surface area contributed by atoms with E-state index in [1.165, 1.54) is 18.2 Å². The summed E-state index contributed by atoms with van der Waals surface area (Å²) in [6, 6.07) is 9.24. The van der Waals surface area contributed by atoms with Crippen LogP contribution in [0.1, 0.15) is 10.5 Å². The standard InChI is InChI=1S/C14H7BrClFN2O2/c15-10-2-1-3-11-18-12(14(20)21)13(19(10)11)7-4-5-9(17)8(16)6-7/h1-6H,(H,20,21). The van der Waals surface area contributed by atoms with Gasteiger partial charge in [-0.2, -0.15) is 0 Å². The van der Waals surface area contributed by atoms with Crippen LogP contribution in [0, 0.1) is 5.82 Å². The van der Waals surface area contributed by atoms with Crippen LogP contribution in [-0.2, 0) is 0 Å². The highest BCUT2D eigenvalue weighted by Gasteiger charge is 2.21. The molecular formula is C14H7BrClFN2O2. The lowest BCUT2D eigenvalue weighted by Gasteiger charge is -2.06. The molecule has 0 aliphatic rings. The van der Waals surface area contributed by atoms with Gasteiger partial charge in [0.1, 0.15) is 11.5 Å². The van der Waals surface area contributed by atoms with Crippen LogP contribution in [0.2, 0.25) is 5.02 Å². The number of imidazole rings is 1. The molecule has 4 nitrogen and oxygen atoms in total. The summed E-state index contributed by atoms with van der Waals surface area (Å²) in [5.74, 6) is -1.73. The minimum atomic E-state index is -1.17. The van der Waals surface area contributed by atoms with Gasteiger partial charge in [0.2, 0.25) is 0 Å². The Labute approximate surface area is 131 Å². The second-order valence-corrected chi connectivity index (χ2v) is 5.50. The topological polar surface area (TPSA) is 54.6 Å². The minimum absolute atomic E-state index is 0.0779. The number of rotatable bonds is 2. The van der Waals surface area contributed by atoms with Crippen LogP contribution in [0.25, 0.3) is 16.9 Å². The molecule has 0 radical (unpaired) electrons. The summed E-state index contributed by atoms with van der Waals surface area (Å²) >= 11 is 9.15. The Balaban J connectivity index is 2.41. The van der Waals surface area contributed by atoms with Crippen molar-refractivity contribution in [2.24, 2.45) is 0 Å². The number of fused-ring (bicyclic) bond motifs is 1. The Hall–Kier alpha value is -1.92. The zero-order valence-electron chi connectivity index (χ0n) is 10.3. The molecule has 0 spiro atoms. The Morgan fingerprint density at radius 3 is 2.76 bits per heavy atom. The Bertz CT molecular complexity index is 879. The second-order valence-electron chi connectivity index (χ2n) is 4.29. The summed E-state index contributed by atoms with van der Waals surface area (Å²) in [5.41, 5.74) is 1.16. The van der Waals surface area contributed by atoms with Gasteiger partial charge in [0.15, 0.2) is 5.69 Å². The van der Waals surface area contributed by atoms with Crippen molar-refractivity contribution < 1.29 is 14.3 Å². The van der Waals surface area contributed by atoms with Crippen molar-refractivity contribution in [2.75, 3.05) is 0 Å². The predicted molar refractivity (Wildman–Crippen MR) is 80.3 cm³/mol. The SMILES string of the molecule is O=C(O)c1nc2cccc(Br)n2c1-c1ccc(F)c(Cl)c1. The molecule has 0 amide bonds. The minimum Gasteiger partial charge on any atom is -0.476 e. The molecule has 0 bridgehead atoms. The highest BCUT2D eigenvalue weighted by Crippen LogP contribution is 2.31. The summed E-state index contributed by atoms with van der Waals surface area (Å²) in [5, 5.41) is 9.27. The molecular weight excluding hydrogens is 363 g/mol. The van der Waals surface area contributed by atoms with Gasteiger partial charge in [0.25, 0.3) is 0 Å². The Morgan fingerprint density at radius 2 is 2.10 bits per heavy atom. The largest absolute Gasteiger partial charge is 0.476 e. The van der Waals surface area contributed by atoms with E-state index in [0.717, 1.165) is 0 Å². The molecule has 2 aromatic heterocycles. The van der Waals surface area contributed by atoms with Crippen LogP contribution >= 0.6 is 27.5 Å². The maximum atomic E-state index is 13.3. The van der Waals surface area contributed by atoms with Crippen molar-refractivity contribution in [3.63, 3.8) is 0 Å². The van der Waals surface area contributed by atoms with Crippen molar-refractivity contribution in [2.45, 2.75) is 0 Å². The molecule has 2 heterocycles. The van der Waals surface area contributed by atoms with Gasteiger partial charge >= 0.3 is 5.97 Å². The maximum absolute atomic E-state index is 13.3. The highest BCUT2D eigenvalue weighted by molar-refractivity contribution is 9.10. The third kappa shape index (κ3) is 2.30. The van der Waals surface area contributed by atoms with Gasteiger partial charge in [-0.15, -0.1) is 0 Å². The fraction of sp³-hybridized carbons (Fsp3) is 0. The lowest BCUT2D eigenvalue weighted by atomic mass is 10.1. The summed E-state index contributed by atoms with van der Waals surface area (Å²) in [6.07, 6.45) is 0. The first kappa shape index (κ1) is 14.0. The number of aromatic nitrogens is 2. The fourth-order valence-corrected chi connectivity index (χ4v) is 2.80.